The van der Waals surface area contributed by atoms with Crippen molar-refractivity contribution in [3.63, 3.8) is 0 Å². The van der Waals surface area contributed by atoms with Gasteiger partial charge in [-0.1, -0.05) is 23.8 Å². The van der Waals surface area contributed by atoms with Gasteiger partial charge in [-0.05, 0) is 19.1 Å². The topological polar surface area (TPSA) is 58.7 Å². The van der Waals surface area contributed by atoms with Crippen molar-refractivity contribution >= 4 is 22.9 Å². The molecule has 4 nitrogen and oxygen atoms in total. The fourth-order valence-electron chi connectivity index (χ4n) is 1.80. The Hall–Kier alpha value is -1.17. The molecule has 1 aromatic carbocycles. The van der Waals surface area contributed by atoms with E-state index in [1.807, 2.05) is 30.0 Å². The van der Waals surface area contributed by atoms with Crippen LogP contribution in [0.15, 0.2) is 18.2 Å². The van der Waals surface area contributed by atoms with Crippen LogP contribution >= 0.6 is 12.2 Å². The van der Waals surface area contributed by atoms with Gasteiger partial charge in [0.15, 0.2) is 0 Å². The molecule has 0 aliphatic heterocycles. The number of aliphatic hydroxyl groups is 1. The van der Waals surface area contributed by atoms with E-state index in [4.69, 9.17) is 27.8 Å². The molecule has 3 N–H and O–H groups in total. The third kappa shape index (κ3) is 3.94. The molecule has 1 rings (SSSR count). The van der Waals surface area contributed by atoms with Crippen molar-refractivity contribution in [2.75, 3.05) is 38.3 Å². The zero-order valence-electron chi connectivity index (χ0n) is 10.8. The monoisotopic (exact) mass is 268 g/mol. The minimum Gasteiger partial charge on any atom is -0.395 e. The lowest BCUT2D eigenvalue weighted by Gasteiger charge is -2.26. The van der Waals surface area contributed by atoms with Crippen LogP contribution in [0.25, 0.3) is 0 Å². The molecule has 0 unspecified atom stereocenters. The van der Waals surface area contributed by atoms with Crippen LogP contribution in [0.3, 0.4) is 0 Å². The highest BCUT2D eigenvalue weighted by molar-refractivity contribution is 7.80. The van der Waals surface area contributed by atoms with Crippen LogP contribution in [0, 0.1) is 6.92 Å². The van der Waals surface area contributed by atoms with Gasteiger partial charge in [0, 0.05) is 31.5 Å². The van der Waals surface area contributed by atoms with E-state index < -0.39 is 0 Å². The quantitative estimate of drug-likeness (QED) is 0.725. The summed E-state index contributed by atoms with van der Waals surface area (Å²) >= 11 is 5.08. The first-order chi connectivity index (χ1) is 8.60. The van der Waals surface area contributed by atoms with Gasteiger partial charge >= 0.3 is 0 Å². The molecule has 0 saturated carbocycles. The van der Waals surface area contributed by atoms with E-state index in [2.05, 4.69) is 0 Å². The fraction of sp³-hybridized carbons (Fsp3) is 0.462. The first-order valence-electron chi connectivity index (χ1n) is 5.85. The number of hydrogen-bond acceptors (Lipinski definition) is 4. The maximum atomic E-state index is 9.13. The lowest BCUT2D eigenvalue weighted by molar-refractivity contribution is 0.203. The Kier molecular flexibility index (Phi) is 6.04. The van der Waals surface area contributed by atoms with Gasteiger partial charge in [-0.25, -0.2) is 0 Å². The number of nitrogens with two attached hydrogens (primary N) is 1. The van der Waals surface area contributed by atoms with E-state index in [0.717, 1.165) is 16.8 Å². The second-order valence-corrected chi connectivity index (χ2v) is 4.53. The average molecular weight is 268 g/mol. The highest BCUT2D eigenvalue weighted by Gasteiger charge is 2.12. The normalized spacial score (nSPS) is 10.4. The van der Waals surface area contributed by atoms with Crippen molar-refractivity contribution in [1.29, 1.82) is 0 Å². The third-order valence-corrected chi connectivity index (χ3v) is 2.91. The molecule has 0 aromatic heterocycles. The van der Waals surface area contributed by atoms with Crippen molar-refractivity contribution in [2.24, 2.45) is 5.73 Å². The highest BCUT2D eigenvalue weighted by Crippen LogP contribution is 2.21. The van der Waals surface area contributed by atoms with Gasteiger partial charge in [-0.2, -0.15) is 0 Å². The van der Waals surface area contributed by atoms with Gasteiger partial charge in [0.1, 0.15) is 4.99 Å². The van der Waals surface area contributed by atoms with Gasteiger partial charge < -0.3 is 20.5 Å². The summed E-state index contributed by atoms with van der Waals surface area (Å²) in [6.07, 6.45) is 0. The van der Waals surface area contributed by atoms with Crippen molar-refractivity contribution < 1.29 is 9.84 Å². The minimum atomic E-state index is 0.0777. The molecule has 0 aliphatic carbocycles. The number of hydrogen-bond donors (Lipinski definition) is 2. The summed E-state index contributed by atoms with van der Waals surface area (Å²) in [6.45, 7) is 3.88. The number of nitrogens with zero attached hydrogens (tertiary/aromatic N) is 1. The second-order valence-electron chi connectivity index (χ2n) is 4.09. The van der Waals surface area contributed by atoms with E-state index in [1.54, 1.807) is 7.11 Å². The van der Waals surface area contributed by atoms with Crippen molar-refractivity contribution in [3.8, 4) is 0 Å². The lowest BCUT2D eigenvalue weighted by Crippen LogP contribution is -2.32. The predicted octanol–water partition coefficient (Wildman–Crippen LogP) is 1.07. The van der Waals surface area contributed by atoms with Crippen LogP contribution in [-0.4, -0.2) is 43.5 Å². The summed E-state index contributed by atoms with van der Waals surface area (Å²) in [5.74, 6) is 0. The van der Waals surface area contributed by atoms with Crippen LogP contribution in [0.1, 0.15) is 11.1 Å². The number of rotatable bonds is 7. The third-order valence-electron chi connectivity index (χ3n) is 2.69. The number of aryl methyl sites for hydroxylation is 1. The van der Waals surface area contributed by atoms with E-state index >= 15 is 0 Å². The van der Waals surface area contributed by atoms with E-state index in [9.17, 15) is 0 Å². The Morgan fingerprint density at radius 3 is 2.72 bits per heavy atom. The summed E-state index contributed by atoms with van der Waals surface area (Å²) < 4.78 is 5.08. The molecular formula is C13H20N2O2S. The Morgan fingerprint density at radius 2 is 2.17 bits per heavy atom. The Bertz CT molecular complexity index is 410. The summed E-state index contributed by atoms with van der Waals surface area (Å²) in [6, 6.07) is 5.96. The molecule has 0 heterocycles. The summed E-state index contributed by atoms with van der Waals surface area (Å²) in [5.41, 5.74) is 8.65. The Balaban J connectivity index is 3.05. The smallest absolute Gasteiger partial charge is 0.106 e. The van der Waals surface area contributed by atoms with Crippen LogP contribution in [-0.2, 0) is 4.74 Å². The second kappa shape index (κ2) is 7.31. The van der Waals surface area contributed by atoms with Gasteiger partial charge in [0.2, 0.25) is 0 Å². The number of methoxy groups -OCH3 is 1. The molecule has 5 heteroatoms. The molecule has 0 radical (unpaired) electrons. The molecule has 1 aromatic rings. The Morgan fingerprint density at radius 1 is 1.44 bits per heavy atom. The molecule has 18 heavy (non-hydrogen) atoms. The van der Waals surface area contributed by atoms with Gasteiger partial charge in [-0.15, -0.1) is 0 Å². The molecular weight excluding hydrogens is 248 g/mol. The van der Waals surface area contributed by atoms with Gasteiger partial charge in [-0.3, -0.25) is 0 Å². The summed E-state index contributed by atoms with van der Waals surface area (Å²) in [4.78, 5) is 2.39. The molecule has 100 valence electrons. The standard InChI is InChI=1S/C13H20N2O2S/c1-10-3-4-12(11(9-10)13(14)18)15(5-7-16)6-8-17-2/h3-4,9,16H,5-8H2,1-2H3,(H2,14,18). The molecule has 0 amide bonds. The molecule has 0 bridgehead atoms. The van der Waals surface area contributed by atoms with Crippen molar-refractivity contribution in [3.05, 3.63) is 29.3 Å². The number of anilines is 1. The number of ether oxygens (including phenoxy) is 1. The molecule has 0 fully saturated rings. The van der Waals surface area contributed by atoms with Crippen molar-refractivity contribution in [2.45, 2.75) is 6.92 Å². The molecule has 0 atom stereocenters. The maximum absolute atomic E-state index is 9.13. The summed E-state index contributed by atoms with van der Waals surface area (Å²) in [7, 11) is 1.65. The molecule has 0 spiro atoms. The summed E-state index contributed by atoms with van der Waals surface area (Å²) in [5, 5.41) is 9.13. The largest absolute Gasteiger partial charge is 0.395 e. The average Bonchev–Trinajstić information content (AvgIpc) is 2.34. The molecule has 0 saturated heterocycles. The number of thiocarbonyl (C=S) groups is 1. The lowest BCUT2D eigenvalue weighted by atomic mass is 10.1. The fourth-order valence-corrected chi connectivity index (χ4v) is 1.96. The minimum absolute atomic E-state index is 0.0777. The molecule has 0 aliphatic rings. The highest BCUT2D eigenvalue weighted by atomic mass is 32.1. The predicted molar refractivity (Wildman–Crippen MR) is 78.2 cm³/mol. The van der Waals surface area contributed by atoms with E-state index in [0.29, 0.717) is 24.7 Å². The first kappa shape index (κ1) is 14.9. The maximum Gasteiger partial charge on any atom is 0.106 e. The first-order valence-corrected chi connectivity index (χ1v) is 6.26. The van der Waals surface area contributed by atoms with E-state index in [-0.39, 0.29) is 6.61 Å². The number of aliphatic hydroxyl groups excluding tert-OH is 1. The Labute approximate surface area is 113 Å². The van der Waals surface area contributed by atoms with Crippen LogP contribution in [0.5, 0.6) is 0 Å². The van der Waals surface area contributed by atoms with Crippen LogP contribution in [0.2, 0.25) is 0 Å². The van der Waals surface area contributed by atoms with E-state index in [1.165, 1.54) is 0 Å². The SMILES string of the molecule is COCCN(CCO)c1ccc(C)cc1C(N)=S. The zero-order valence-corrected chi connectivity index (χ0v) is 11.7. The van der Waals surface area contributed by atoms with Crippen LogP contribution < -0.4 is 10.6 Å². The van der Waals surface area contributed by atoms with Crippen molar-refractivity contribution in [1.82, 2.24) is 0 Å². The number of benzene rings is 1. The zero-order chi connectivity index (χ0) is 13.5. The van der Waals surface area contributed by atoms with Gasteiger partial charge in [0.05, 0.1) is 13.2 Å². The van der Waals surface area contributed by atoms with Gasteiger partial charge in [0.25, 0.3) is 0 Å². The van der Waals surface area contributed by atoms with Crippen LogP contribution in [0.4, 0.5) is 5.69 Å².